The second-order valence-corrected chi connectivity index (χ2v) is 5.01. The SMILES string of the molecule is CCCNC(=O)CCCC(=O)NCC(N)C1CC1. The molecule has 104 valence electrons. The van der Waals surface area contributed by atoms with Crippen LogP contribution in [0.5, 0.6) is 0 Å². The molecule has 18 heavy (non-hydrogen) atoms. The largest absolute Gasteiger partial charge is 0.356 e. The van der Waals surface area contributed by atoms with Gasteiger partial charge in [0.1, 0.15) is 0 Å². The quantitative estimate of drug-likeness (QED) is 0.562. The van der Waals surface area contributed by atoms with E-state index in [9.17, 15) is 9.59 Å². The lowest BCUT2D eigenvalue weighted by molar-refractivity contribution is -0.122. The van der Waals surface area contributed by atoms with Crippen molar-refractivity contribution in [1.82, 2.24) is 10.6 Å². The second kappa shape index (κ2) is 8.08. The Balaban J connectivity index is 1.97. The van der Waals surface area contributed by atoms with E-state index in [-0.39, 0.29) is 17.9 Å². The fourth-order valence-electron chi connectivity index (χ4n) is 1.77. The molecule has 1 fully saturated rings. The Morgan fingerprint density at radius 2 is 1.83 bits per heavy atom. The highest BCUT2D eigenvalue weighted by molar-refractivity contribution is 5.78. The Kier molecular flexibility index (Phi) is 6.72. The predicted octanol–water partition coefficient (Wildman–Crippen LogP) is 0.536. The first kappa shape index (κ1) is 15.0. The molecule has 0 spiro atoms. The van der Waals surface area contributed by atoms with E-state index in [4.69, 9.17) is 5.73 Å². The highest BCUT2D eigenvalue weighted by Crippen LogP contribution is 2.31. The topological polar surface area (TPSA) is 84.2 Å². The molecule has 0 bridgehead atoms. The molecular weight excluding hydrogens is 230 g/mol. The second-order valence-electron chi connectivity index (χ2n) is 5.01. The zero-order valence-corrected chi connectivity index (χ0v) is 11.2. The maximum Gasteiger partial charge on any atom is 0.220 e. The maximum absolute atomic E-state index is 11.5. The minimum atomic E-state index is -0.00519. The minimum Gasteiger partial charge on any atom is -0.356 e. The average molecular weight is 255 g/mol. The number of amides is 2. The third-order valence-electron chi connectivity index (χ3n) is 3.14. The smallest absolute Gasteiger partial charge is 0.220 e. The van der Waals surface area contributed by atoms with Gasteiger partial charge in [-0.3, -0.25) is 9.59 Å². The molecule has 0 saturated heterocycles. The molecule has 4 N–H and O–H groups in total. The van der Waals surface area contributed by atoms with Gasteiger partial charge in [-0.1, -0.05) is 6.92 Å². The molecule has 0 heterocycles. The molecule has 0 aromatic rings. The summed E-state index contributed by atoms with van der Waals surface area (Å²) in [6, 6.07) is 0.0989. The molecule has 1 saturated carbocycles. The molecular formula is C13H25N3O2. The van der Waals surface area contributed by atoms with Crippen molar-refractivity contribution in [3.8, 4) is 0 Å². The highest BCUT2D eigenvalue weighted by Gasteiger charge is 2.28. The summed E-state index contributed by atoms with van der Waals surface area (Å²) in [5.74, 6) is 0.624. The Hall–Kier alpha value is -1.10. The zero-order valence-electron chi connectivity index (χ0n) is 11.2. The molecule has 5 nitrogen and oxygen atoms in total. The van der Waals surface area contributed by atoms with Crippen LogP contribution >= 0.6 is 0 Å². The van der Waals surface area contributed by atoms with Gasteiger partial charge in [-0.05, 0) is 31.6 Å². The maximum atomic E-state index is 11.5. The van der Waals surface area contributed by atoms with Crippen LogP contribution in [0.4, 0.5) is 0 Å². The number of nitrogens with one attached hydrogen (secondary N) is 2. The molecule has 1 rings (SSSR count). The van der Waals surface area contributed by atoms with Gasteiger partial charge in [-0.25, -0.2) is 0 Å². The Labute approximate surface area is 109 Å². The van der Waals surface area contributed by atoms with Crippen molar-refractivity contribution < 1.29 is 9.59 Å². The minimum absolute atomic E-state index is 0.00519. The molecule has 0 aromatic heterocycles. The van der Waals surface area contributed by atoms with Crippen molar-refractivity contribution in [2.45, 2.75) is 51.5 Å². The van der Waals surface area contributed by atoms with E-state index < -0.39 is 0 Å². The molecule has 2 amide bonds. The van der Waals surface area contributed by atoms with Gasteiger partial charge >= 0.3 is 0 Å². The van der Waals surface area contributed by atoms with Crippen molar-refractivity contribution in [2.24, 2.45) is 11.7 Å². The van der Waals surface area contributed by atoms with Crippen LogP contribution in [-0.2, 0) is 9.59 Å². The highest BCUT2D eigenvalue weighted by atomic mass is 16.2. The van der Waals surface area contributed by atoms with Crippen LogP contribution in [0.1, 0.15) is 45.4 Å². The van der Waals surface area contributed by atoms with Gasteiger partial charge < -0.3 is 16.4 Å². The van der Waals surface area contributed by atoms with Crippen LogP contribution in [0.2, 0.25) is 0 Å². The number of carbonyl (C=O) groups is 2. The summed E-state index contributed by atoms with van der Waals surface area (Å²) in [6.07, 6.45) is 4.73. The zero-order chi connectivity index (χ0) is 13.4. The molecule has 1 atom stereocenters. The third kappa shape index (κ3) is 6.59. The van der Waals surface area contributed by atoms with E-state index in [1.54, 1.807) is 0 Å². The monoisotopic (exact) mass is 255 g/mol. The van der Waals surface area contributed by atoms with Gasteiger partial charge in [-0.15, -0.1) is 0 Å². The number of rotatable bonds is 9. The van der Waals surface area contributed by atoms with Crippen LogP contribution in [0.3, 0.4) is 0 Å². The summed E-state index contributed by atoms with van der Waals surface area (Å²) in [7, 11) is 0. The van der Waals surface area contributed by atoms with Crippen LogP contribution in [0.15, 0.2) is 0 Å². The summed E-state index contributed by atoms with van der Waals surface area (Å²) in [5, 5.41) is 5.61. The van der Waals surface area contributed by atoms with Crippen LogP contribution in [-0.4, -0.2) is 30.9 Å². The molecule has 1 aliphatic rings. The summed E-state index contributed by atoms with van der Waals surface area (Å²) in [4.78, 5) is 22.8. The molecule has 0 aliphatic heterocycles. The summed E-state index contributed by atoms with van der Waals surface area (Å²) in [5.41, 5.74) is 5.88. The van der Waals surface area contributed by atoms with Crippen LogP contribution in [0.25, 0.3) is 0 Å². The summed E-state index contributed by atoms with van der Waals surface area (Å²) in [6.45, 7) is 3.28. The number of hydrogen-bond donors (Lipinski definition) is 3. The Morgan fingerprint density at radius 1 is 1.22 bits per heavy atom. The lowest BCUT2D eigenvalue weighted by atomic mass is 10.2. The van der Waals surface area contributed by atoms with E-state index in [2.05, 4.69) is 10.6 Å². The van der Waals surface area contributed by atoms with Gasteiger partial charge in [0.15, 0.2) is 0 Å². The molecule has 1 unspecified atom stereocenters. The van der Waals surface area contributed by atoms with Gasteiger partial charge in [0.2, 0.25) is 11.8 Å². The molecule has 0 aromatic carbocycles. The van der Waals surface area contributed by atoms with Gasteiger partial charge in [0.25, 0.3) is 0 Å². The molecule has 5 heteroatoms. The predicted molar refractivity (Wildman–Crippen MR) is 70.9 cm³/mol. The first-order valence-corrected chi connectivity index (χ1v) is 6.92. The van der Waals surface area contributed by atoms with Crippen molar-refractivity contribution in [3.63, 3.8) is 0 Å². The van der Waals surface area contributed by atoms with E-state index in [0.717, 1.165) is 6.42 Å². The van der Waals surface area contributed by atoms with E-state index in [0.29, 0.717) is 38.3 Å². The Morgan fingerprint density at radius 3 is 2.39 bits per heavy atom. The third-order valence-corrected chi connectivity index (χ3v) is 3.14. The van der Waals surface area contributed by atoms with Crippen molar-refractivity contribution >= 4 is 11.8 Å². The van der Waals surface area contributed by atoms with Crippen molar-refractivity contribution in [2.75, 3.05) is 13.1 Å². The van der Waals surface area contributed by atoms with E-state index in [1.165, 1.54) is 12.8 Å². The van der Waals surface area contributed by atoms with E-state index in [1.807, 2.05) is 6.92 Å². The van der Waals surface area contributed by atoms with Crippen molar-refractivity contribution in [1.29, 1.82) is 0 Å². The normalized spacial score (nSPS) is 16.1. The molecule has 0 radical (unpaired) electrons. The number of nitrogens with two attached hydrogens (primary N) is 1. The fourth-order valence-corrected chi connectivity index (χ4v) is 1.77. The fraction of sp³-hybridized carbons (Fsp3) is 0.846. The lowest BCUT2D eigenvalue weighted by Gasteiger charge is -2.11. The Bertz CT molecular complexity index is 277. The number of hydrogen-bond acceptors (Lipinski definition) is 3. The first-order valence-electron chi connectivity index (χ1n) is 6.92. The van der Waals surface area contributed by atoms with Crippen LogP contribution in [0, 0.1) is 5.92 Å². The van der Waals surface area contributed by atoms with Gasteiger partial charge in [-0.2, -0.15) is 0 Å². The van der Waals surface area contributed by atoms with Crippen LogP contribution < -0.4 is 16.4 Å². The lowest BCUT2D eigenvalue weighted by Crippen LogP contribution is -2.38. The standard InChI is InChI=1S/C13H25N3O2/c1-2-8-15-12(17)4-3-5-13(18)16-9-11(14)10-6-7-10/h10-11H,2-9,14H2,1H3,(H,15,17)(H,16,18). The molecule has 1 aliphatic carbocycles. The summed E-state index contributed by atoms with van der Waals surface area (Å²) < 4.78 is 0. The first-order chi connectivity index (χ1) is 8.63. The summed E-state index contributed by atoms with van der Waals surface area (Å²) >= 11 is 0. The average Bonchev–Trinajstić information content (AvgIpc) is 3.17. The van der Waals surface area contributed by atoms with E-state index >= 15 is 0 Å². The van der Waals surface area contributed by atoms with Gasteiger partial charge in [0, 0.05) is 32.0 Å². The van der Waals surface area contributed by atoms with Gasteiger partial charge in [0.05, 0.1) is 0 Å². The number of carbonyl (C=O) groups excluding carboxylic acids is 2. The van der Waals surface area contributed by atoms with Crippen molar-refractivity contribution in [3.05, 3.63) is 0 Å².